The predicted molar refractivity (Wildman–Crippen MR) is 79.3 cm³/mol. The van der Waals surface area contributed by atoms with Crippen molar-refractivity contribution in [3.8, 4) is 5.75 Å². The Morgan fingerprint density at radius 1 is 1.23 bits per heavy atom. The van der Waals surface area contributed by atoms with Crippen LogP contribution in [0, 0.1) is 5.92 Å². The van der Waals surface area contributed by atoms with Crippen molar-refractivity contribution in [1.29, 1.82) is 0 Å². The molecule has 1 heterocycles. The third kappa shape index (κ3) is 4.42. The lowest BCUT2D eigenvalue weighted by Crippen LogP contribution is -2.17. The number of ketones is 1. The van der Waals surface area contributed by atoms with Crippen LogP contribution in [-0.4, -0.2) is 39.6 Å². The van der Waals surface area contributed by atoms with E-state index in [-0.39, 0.29) is 30.5 Å². The summed E-state index contributed by atoms with van der Waals surface area (Å²) in [6, 6.07) is 6.45. The van der Waals surface area contributed by atoms with Gasteiger partial charge in [0.25, 0.3) is 0 Å². The van der Waals surface area contributed by atoms with Gasteiger partial charge in [0, 0.05) is 16.9 Å². The van der Waals surface area contributed by atoms with Crippen molar-refractivity contribution in [3.05, 3.63) is 41.3 Å². The summed E-state index contributed by atoms with van der Waals surface area (Å²) in [6.45, 7) is -0.367. The fourth-order valence-electron chi connectivity index (χ4n) is 2.05. The number of rotatable bonds is 6. The van der Waals surface area contributed by atoms with Gasteiger partial charge in [0.15, 0.2) is 22.2 Å². The Balaban J connectivity index is 1.80. The number of ether oxygens (including phenoxy) is 2. The monoisotopic (exact) mass is 324 g/mol. The van der Waals surface area contributed by atoms with E-state index in [1.807, 2.05) is 0 Å². The quantitative estimate of drug-likeness (QED) is 0.580. The molecule has 0 amide bonds. The SMILES string of the molecule is COc1ccc(C(=O)COC(=O)CC2C=CS(=O)(=O)C2)cc1. The van der Waals surface area contributed by atoms with Gasteiger partial charge in [-0.25, -0.2) is 8.42 Å². The lowest BCUT2D eigenvalue weighted by Gasteiger charge is -2.07. The van der Waals surface area contributed by atoms with E-state index >= 15 is 0 Å². The van der Waals surface area contributed by atoms with Crippen molar-refractivity contribution >= 4 is 21.6 Å². The molecule has 0 spiro atoms. The molecular formula is C15H16O6S. The van der Waals surface area contributed by atoms with Crippen LogP contribution in [0.15, 0.2) is 35.7 Å². The highest BCUT2D eigenvalue weighted by molar-refractivity contribution is 7.94. The molecule has 6 nitrogen and oxygen atoms in total. The number of esters is 1. The van der Waals surface area contributed by atoms with E-state index in [0.29, 0.717) is 11.3 Å². The molecule has 1 aromatic carbocycles. The van der Waals surface area contributed by atoms with Crippen LogP contribution in [0.3, 0.4) is 0 Å². The maximum Gasteiger partial charge on any atom is 0.306 e. The number of Topliss-reactive ketones (excluding diaryl/α,β-unsaturated/α-hetero) is 1. The summed E-state index contributed by atoms with van der Waals surface area (Å²) < 4.78 is 32.3. The Morgan fingerprint density at radius 2 is 1.91 bits per heavy atom. The summed E-state index contributed by atoms with van der Waals surface area (Å²) in [4.78, 5) is 23.5. The van der Waals surface area contributed by atoms with Gasteiger partial charge in [-0.05, 0) is 24.3 Å². The highest BCUT2D eigenvalue weighted by Crippen LogP contribution is 2.18. The van der Waals surface area contributed by atoms with E-state index < -0.39 is 15.8 Å². The molecule has 0 aromatic heterocycles. The molecule has 1 unspecified atom stereocenters. The van der Waals surface area contributed by atoms with Crippen LogP contribution in [-0.2, 0) is 19.4 Å². The van der Waals surface area contributed by atoms with Crippen LogP contribution in [0.25, 0.3) is 0 Å². The smallest absolute Gasteiger partial charge is 0.306 e. The largest absolute Gasteiger partial charge is 0.497 e. The third-order valence-electron chi connectivity index (χ3n) is 3.21. The third-order valence-corrected chi connectivity index (χ3v) is 4.67. The molecule has 0 N–H and O–H groups in total. The van der Waals surface area contributed by atoms with Gasteiger partial charge in [0.05, 0.1) is 19.3 Å². The van der Waals surface area contributed by atoms with Crippen molar-refractivity contribution in [2.24, 2.45) is 5.92 Å². The Hall–Kier alpha value is -2.15. The Morgan fingerprint density at radius 3 is 2.45 bits per heavy atom. The second-order valence-corrected chi connectivity index (χ2v) is 6.87. The second-order valence-electron chi connectivity index (χ2n) is 4.93. The lowest BCUT2D eigenvalue weighted by molar-refractivity contribution is -0.143. The summed E-state index contributed by atoms with van der Waals surface area (Å²) in [5.41, 5.74) is 0.414. The summed E-state index contributed by atoms with van der Waals surface area (Å²) in [5.74, 6) is -0.760. The average molecular weight is 324 g/mol. The summed E-state index contributed by atoms with van der Waals surface area (Å²) in [7, 11) is -1.67. The minimum atomic E-state index is -3.19. The number of benzene rings is 1. The maximum atomic E-state index is 11.9. The van der Waals surface area contributed by atoms with Crippen molar-refractivity contribution < 1.29 is 27.5 Å². The number of carbonyl (C=O) groups excluding carboxylic acids is 2. The Bertz CT molecular complexity index is 687. The Labute approximate surface area is 128 Å². The maximum absolute atomic E-state index is 11.9. The molecule has 0 saturated carbocycles. The van der Waals surface area contributed by atoms with Crippen molar-refractivity contribution in [2.45, 2.75) is 6.42 Å². The first-order valence-electron chi connectivity index (χ1n) is 6.63. The number of hydrogen-bond acceptors (Lipinski definition) is 6. The molecule has 118 valence electrons. The van der Waals surface area contributed by atoms with E-state index in [4.69, 9.17) is 9.47 Å². The van der Waals surface area contributed by atoms with E-state index in [1.165, 1.54) is 13.2 Å². The number of hydrogen-bond donors (Lipinski definition) is 0. The molecule has 1 atom stereocenters. The van der Waals surface area contributed by atoms with E-state index in [9.17, 15) is 18.0 Å². The van der Waals surface area contributed by atoms with Gasteiger partial charge < -0.3 is 9.47 Å². The van der Waals surface area contributed by atoms with Crippen LogP contribution in [0.4, 0.5) is 0 Å². The van der Waals surface area contributed by atoms with Crippen molar-refractivity contribution in [3.63, 3.8) is 0 Å². The first-order valence-corrected chi connectivity index (χ1v) is 8.35. The van der Waals surface area contributed by atoms with Crippen molar-refractivity contribution in [1.82, 2.24) is 0 Å². The molecule has 1 aliphatic rings. The zero-order valence-corrected chi connectivity index (χ0v) is 12.8. The molecule has 0 aliphatic carbocycles. The van der Waals surface area contributed by atoms with Crippen LogP contribution in [0.2, 0.25) is 0 Å². The average Bonchev–Trinajstić information content (AvgIpc) is 2.83. The lowest BCUT2D eigenvalue weighted by atomic mass is 10.1. The first kappa shape index (κ1) is 16.2. The molecule has 0 fully saturated rings. The number of allylic oxidation sites excluding steroid dienone is 1. The second kappa shape index (κ2) is 6.74. The number of sulfone groups is 1. The molecule has 0 radical (unpaired) electrons. The zero-order chi connectivity index (χ0) is 16.2. The van der Waals surface area contributed by atoms with Crippen LogP contribution in [0.1, 0.15) is 16.8 Å². The molecule has 0 bridgehead atoms. The highest BCUT2D eigenvalue weighted by Gasteiger charge is 2.24. The highest BCUT2D eigenvalue weighted by atomic mass is 32.2. The van der Waals surface area contributed by atoms with Gasteiger partial charge in [-0.3, -0.25) is 9.59 Å². The predicted octanol–water partition coefficient (Wildman–Crippen LogP) is 1.37. The normalized spacial score (nSPS) is 18.9. The van der Waals surface area contributed by atoms with Crippen molar-refractivity contribution in [2.75, 3.05) is 19.5 Å². The standard InChI is InChI=1S/C15H16O6S/c1-20-13-4-2-12(3-5-13)14(16)9-21-15(17)8-11-6-7-22(18,19)10-11/h2-7,11H,8-10H2,1H3. The van der Waals surface area contributed by atoms with Gasteiger partial charge in [-0.2, -0.15) is 0 Å². The van der Waals surface area contributed by atoms with Crippen LogP contribution >= 0.6 is 0 Å². The van der Waals surface area contributed by atoms with E-state index in [0.717, 1.165) is 5.41 Å². The van der Waals surface area contributed by atoms with Gasteiger partial charge in [-0.15, -0.1) is 0 Å². The zero-order valence-electron chi connectivity index (χ0n) is 12.0. The molecule has 0 saturated heterocycles. The van der Waals surface area contributed by atoms with Crippen LogP contribution in [0.5, 0.6) is 5.75 Å². The minimum absolute atomic E-state index is 0.0500. The Kier molecular flexibility index (Phi) is 4.97. The minimum Gasteiger partial charge on any atom is -0.497 e. The molecule has 7 heteroatoms. The molecule has 2 rings (SSSR count). The van der Waals surface area contributed by atoms with Gasteiger partial charge >= 0.3 is 5.97 Å². The van der Waals surface area contributed by atoms with Gasteiger partial charge in [0.2, 0.25) is 0 Å². The summed E-state index contributed by atoms with van der Waals surface area (Å²) in [6.07, 6.45) is 1.42. The summed E-state index contributed by atoms with van der Waals surface area (Å²) >= 11 is 0. The van der Waals surface area contributed by atoms with E-state index in [1.54, 1.807) is 24.3 Å². The van der Waals surface area contributed by atoms with Gasteiger partial charge in [0.1, 0.15) is 5.75 Å². The topological polar surface area (TPSA) is 86.7 Å². The number of methoxy groups -OCH3 is 1. The first-order chi connectivity index (χ1) is 10.4. The molecule has 22 heavy (non-hydrogen) atoms. The van der Waals surface area contributed by atoms with E-state index in [2.05, 4.69) is 0 Å². The number of carbonyl (C=O) groups is 2. The molecular weight excluding hydrogens is 308 g/mol. The summed E-state index contributed by atoms with van der Waals surface area (Å²) in [5, 5.41) is 1.10. The molecule has 1 aromatic rings. The van der Waals surface area contributed by atoms with Gasteiger partial charge in [-0.1, -0.05) is 6.08 Å². The van der Waals surface area contributed by atoms with Crippen LogP contribution < -0.4 is 4.74 Å². The molecule has 1 aliphatic heterocycles. The fourth-order valence-corrected chi connectivity index (χ4v) is 3.45. The fraction of sp³-hybridized carbons (Fsp3) is 0.333.